The molecule has 4 aliphatic rings. The summed E-state index contributed by atoms with van der Waals surface area (Å²) in [5.41, 5.74) is -0.811. The molecule has 3 atom stereocenters. The van der Waals surface area contributed by atoms with Crippen LogP contribution in [0.2, 0.25) is 0 Å². The number of ether oxygens (including phenoxy) is 1. The van der Waals surface area contributed by atoms with Crippen molar-refractivity contribution in [2.75, 3.05) is 0 Å². The van der Waals surface area contributed by atoms with Crippen molar-refractivity contribution < 1.29 is 14.6 Å². The fraction of sp³-hybridized carbons (Fsp3) is 0.786. The molecule has 0 aromatic heterocycles. The van der Waals surface area contributed by atoms with E-state index < -0.39 is 11.6 Å². The third-order valence-electron chi connectivity index (χ3n) is 4.98. The van der Waals surface area contributed by atoms with Gasteiger partial charge in [-0.25, -0.2) is 4.79 Å². The minimum absolute atomic E-state index is 0.0303. The van der Waals surface area contributed by atoms with Crippen LogP contribution in [-0.2, 0) is 9.53 Å². The summed E-state index contributed by atoms with van der Waals surface area (Å²) in [6, 6.07) is 0. The molecule has 0 saturated heterocycles. The molecule has 4 rings (SSSR count). The lowest BCUT2D eigenvalue weighted by atomic mass is 9.47. The second-order valence-electron chi connectivity index (χ2n) is 6.56. The Morgan fingerprint density at radius 2 is 1.94 bits per heavy atom. The van der Waals surface area contributed by atoms with Gasteiger partial charge in [-0.2, -0.15) is 0 Å². The molecule has 3 unspecified atom stereocenters. The van der Waals surface area contributed by atoms with Crippen LogP contribution in [0.5, 0.6) is 0 Å². The van der Waals surface area contributed by atoms with Crippen molar-refractivity contribution in [1.29, 1.82) is 0 Å². The largest absolute Gasteiger partial charge is 0.456 e. The van der Waals surface area contributed by atoms with E-state index in [1.54, 1.807) is 0 Å². The maximum Gasteiger partial charge on any atom is 0.330 e. The third kappa shape index (κ3) is 1.55. The first-order valence-electron chi connectivity index (χ1n) is 6.51. The van der Waals surface area contributed by atoms with E-state index >= 15 is 0 Å². The van der Waals surface area contributed by atoms with Gasteiger partial charge in [0.2, 0.25) is 0 Å². The molecule has 0 aromatic carbocycles. The average Bonchev–Trinajstić information content (AvgIpc) is 2.21. The van der Waals surface area contributed by atoms with Crippen LogP contribution in [0.15, 0.2) is 12.7 Å². The lowest BCUT2D eigenvalue weighted by Gasteiger charge is -2.62. The standard InChI is InChI=1S/C14H20O3/c1-3-11(15)17-12-13(2)5-9-4-10(6-13)8-14(12,16)7-9/h3,9-10,12,16H,1,4-8H2,2H3. The highest BCUT2D eigenvalue weighted by Crippen LogP contribution is 2.62. The number of hydrogen-bond acceptors (Lipinski definition) is 3. The van der Waals surface area contributed by atoms with Gasteiger partial charge in [0.05, 0.1) is 0 Å². The zero-order valence-corrected chi connectivity index (χ0v) is 10.3. The smallest absolute Gasteiger partial charge is 0.330 e. The van der Waals surface area contributed by atoms with Crippen LogP contribution in [0.4, 0.5) is 0 Å². The molecule has 3 heteroatoms. The van der Waals surface area contributed by atoms with E-state index in [-0.39, 0.29) is 11.5 Å². The second-order valence-corrected chi connectivity index (χ2v) is 6.56. The first-order chi connectivity index (χ1) is 7.95. The van der Waals surface area contributed by atoms with Gasteiger partial charge in [-0.3, -0.25) is 0 Å². The number of aliphatic hydroxyl groups is 1. The van der Waals surface area contributed by atoms with Crippen molar-refractivity contribution in [3.05, 3.63) is 12.7 Å². The van der Waals surface area contributed by atoms with Gasteiger partial charge in [-0.15, -0.1) is 0 Å². The Balaban J connectivity index is 1.91. The molecular weight excluding hydrogens is 216 g/mol. The zero-order valence-electron chi connectivity index (χ0n) is 10.3. The van der Waals surface area contributed by atoms with Crippen LogP contribution in [0.1, 0.15) is 39.0 Å². The Bertz CT molecular complexity index is 338. The molecule has 0 amide bonds. The number of rotatable bonds is 2. The van der Waals surface area contributed by atoms with Gasteiger partial charge >= 0.3 is 5.97 Å². The molecule has 17 heavy (non-hydrogen) atoms. The lowest BCUT2D eigenvalue weighted by molar-refractivity contribution is -0.247. The molecule has 0 aliphatic heterocycles. The van der Waals surface area contributed by atoms with Crippen LogP contribution in [-0.4, -0.2) is 22.8 Å². The van der Waals surface area contributed by atoms with Gasteiger partial charge in [-0.05, 0) is 43.9 Å². The molecule has 4 aliphatic carbocycles. The first kappa shape index (κ1) is 11.3. The van der Waals surface area contributed by atoms with Crippen LogP contribution < -0.4 is 0 Å². The molecule has 0 aromatic rings. The summed E-state index contributed by atoms with van der Waals surface area (Å²) in [5.74, 6) is 0.837. The summed E-state index contributed by atoms with van der Waals surface area (Å²) in [7, 11) is 0. The molecule has 4 fully saturated rings. The Labute approximate surface area is 102 Å². The van der Waals surface area contributed by atoms with Crippen molar-refractivity contribution >= 4 is 5.97 Å². The maximum absolute atomic E-state index is 11.4. The van der Waals surface area contributed by atoms with Crippen LogP contribution >= 0.6 is 0 Å². The minimum Gasteiger partial charge on any atom is -0.456 e. The highest BCUT2D eigenvalue weighted by atomic mass is 16.6. The van der Waals surface area contributed by atoms with E-state index in [2.05, 4.69) is 13.5 Å². The quantitative estimate of drug-likeness (QED) is 0.589. The van der Waals surface area contributed by atoms with Crippen molar-refractivity contribution in [3.8, 4) is 0 Å². The van der Waals surface area contributed by atoms with Gasteiger partial charge in [0.15, 0.2) is 0 Å². The third-order valence-corrected chi connectivity index (χ3v) is 4.98. The Hall–Kier alpha value is -0.830. The van der Waals surface area contributed by atoms with Crippen LogP contribution in [0.25, 0.3) is 0 Å². The predicted octanol–water partition coefficient (Wildman–Crippen LogP) is 2.05. The van der Waals surface area contributed by atoms with Gasteiger partial charge < -0.3 is 9.84 Å². The van der Waals surface area contributed by atoms with Gasteiger partial charge in [0.25, 0.3) is 0 Å². The number of carbonyl (C=O) groups is 1. The van der Waals surface area contributed by atoms with E-state index in [0.717, 1.165) is 25.7 Å². The van der Waals surface area contributed by atoms with Gasteiger partial charge in [0.1, 0.15) is 11.7 Å². The van der Waals surface area contributed by atoms with Crippen molar-refractivity contribution in [2.45, 2.75) is 50.7 Å². The molecule has 0 heterocycles. The van der Waals surface area contributed by atoms with E-state index in [4.69, 9.17) is 4.74 Å². The summed E-state index contributed by atoms with van der Waals surface area (Å²) in [5, 5.41) is 10.8. The summed E-state index contributed by atoms with van der Waals surface area (Å²) < 4.78 is 5.48. The van der Waals surface area contributed by atoms with Crippen molar-refractivity contribution in [3.63, 3.8) is 0 Å². The Kier molecular flexibility index (Phi) is 2.22. The maximum atomic E-state index is 11.4. The van der Waals surface area contributed by atoms with E-state index in [0.29, 0.717) is 11.8 Å². The highest BCUT2D eigenvalue weighted by molar-refractivity contribution is 5.81. The van der Waals surface area contributed by atoms with Gasteiger partial charge in [-0.1, -0.05) is 13.5 Å². The number of esters is 1. The summed E-state index contributed by atoms with van der Waals surface area (Å²) >= 11 is 0. The van der Waals surface area contributed by atoms with Crippen molar-refractivity contribution in [1.82, 2.24) is 0 Å². The lowest BCUT2D eigenvalue weighted by Crippen LogP contribution is -2.65. The zero-order chi connectivity index (χ0) is 12.3. The molecule has 0 spiro atoms. The summed E-state index contributed by atoms with van der Waals surface area (Å²) in [6.07, 6.45) is 5.87. The molecule has 4 saturated carbocycles. The summed E-state index contributed by atoms with van der Waals surface area (Å²) in [4.78, 5) is 11.4. The fourth-order valence-electron chi connectivity index (χ4n) is 4.93. The fourth-order valence-corrected chi connectivity index (χ4v) is 4.93. The second kappa shape index (κ2) is 3.35. The minimum atomic E-state index is -0.780. The monoisotopic (exact) mass is 236 g/mol. The molecule has 1 N–H and O–H groups in total. The Morgan fingerprint density at radius 3 is 2.41 bits per heavy atom. The molecular formula is C14H20O3. The SMILES string of the molecule is C=CC(=O)OC1C2(C)CC3CC(C2)CC1(O)C3. The molecule has 0 radical (unpaired) electrons. The predicted molar refractivity (Wildman–Crippen MR) is 63.2 cm³/mol. The topological polar surface area (TPSA) is 46.5 Å². The van der Waals surface area contributed by atoms with E-state index in [9.17, 15) is 9.90 Å². The molecule has 3 nitrogen and oxygen atoms in total. The summed E-state index contributed by atoms with van der Waals surface area (Å²) in [6.45, 7) is 5.60. The molecule has 94 valence electrons. The number of hydrogen-bond donors (Lipinski definition) is 1. The average molecular weight is 236 g/mol. The van der Waals surface area contributed by atoms with E-state index in [1.165, 1.54) is 12.5 Å². The number of carbonyl (C=O) groups excluding carboxylic acids is 1. The first-order valence-corrected chi connectivity index (χ1v) is 6.51. The highest BCUT2D eigenvalue weighted by Gasteiger charge is 2.63. The van der Waals surface area contributed by atoms with Crippen molar-refractivity contribution in [2.24, 2.45) is 17.3 Å². The Morgan fingerprint density at radius 1 is 1.35 bits per heavy atom. The molecule has 4 bridgehead atoms. The van der Waals surface area contributed by atoms with Gasteiger partial charge in [0, 0.05) is 11.5 Å². The van der Waals surface area contributed by atoms with E-state index in [1.807, 2.05) is 0 Å². The van der Waals surface area contributed by atoms with Crippen LogP contribution in [0, 0.1) is 17.3 Å². The van der Waals surface area contributed by atoms with Crippen LogP contribution in [0.3, 0.4) is 0 Å². The normalized spacial score (nSPS) is 51.3.